The minimum Gasteiger partial charge on any atom is -0.373 e. The van der Waals surface area contributed by atoms with Crippen LogP contribution in [0.25, 0.3) is 10.9 Å². The van der Waals surface area contributed by atoms with E-state index < -0.39 is 10.1 Å². The van der Waals surface area contributed by atoms with Gasteiger partial charge in [-0.3, -0.25) is 14.6 Å². The van der Waals surface area contributed by atoms with Gasteiger partial charge in [-0.1, -0.05) is 0 Å². The van der Waals surface area contributed by atoms with Crippen LogP contribution in [0.2, 0.25) is 0 Å². The lowest BCUT2D eigenvalue weighted by Crippen LogP contribution is -2.44. The van der Waals surface area contributed by atoms with Crippen LogP contribution in [0.15, 0.2) is 23.1 Å². The smallest absolute Gasteiger partial charge is 0.294 e. The van der Waals surface area contributed by atoms with Crippen LogP contribution in [0.5, 0.6) is 0 Å². The second kappa shape index (κ2) is 5.62. The van der Waals surface area contributed by atoms with Crippen molar-refractivity contribution in [2.24, 2.45) is 0 Å². The van der Waals surface area contributed by atoms with Gasteiger partial charge in [0.1, 0.15) is 0 Å². The monoisotopic (exact) mass is 325 g/mol. The van der Waals surface area contributed by atoms with Crippen molar-refractivity contribution in [3.05, 3.63) is 23.9 Å². The Bertz CT molecular complexity index is 776. The van der Waals surface area contributed by atoms with Crippen LogP contribution in [0.1, 0.15) is 19.5 Å². The first-order chi connectivity index (χ1) is 10.3. The summed E-state index contributed by atoms with van der Waals surface area (Å²) < 4.78 is 37.1. The lowest BCUT2D eigenvalue weighted by atomic mass is 10.1. The molecule has 0 amide bonds. The highest BCUT2D eigenvalue weighted by Crippen LogP contribution is 2.22. The van der Waals surface area contributed by atoms with Gasteiger partial charge >= 0.3 is 0 Å². The van der Waals surface area contributed by atoms with Crippen molar-refractivity contribution in [1.29, 1.82) is 0 Å². The molecule has 1 saturated heterocycles. The van der Waals surface area contributed by atoms with E-state index in [1.165, 1.54) is 12.1 Å². The fourth-order valence-corrected chi connectivity index (χ4v) is 3.47. The molecule has 2 N–H and O–H groups in total. The normalized spacial score (nSPS) is 24.0. The molecule has 7 nitrogen and oxygen atoms in total. The summed E-state index contributed by atoms with van der Waals surface area (Å²) >= 11 is 0. The van der Waals surface area contributed by atoms with Crippen molar-refractivity contribution in [3.63, 3.8) is 0 Å². The summed E-state index contributed by atoms with van der Waals surface area (Å²) in [5, 5.41) is 7.96. The van der Waals surface area contributed by atoms with Crippen LogP contribution in [-0.4, -0.2) is 53.4 Å². The van der Waals surface area contributed by atoms with E-state index >= 15 is 0 Å². The minimum absolute atomic E-state index is 0.147. The molecule has 0 saturated carbocycles. The Morgan fingerprint density at radius 1 is 1.36 bits per heavy atom. The molecule has 1 aromatic carbocycles. The molecule has 0 radical (unpaired) electrons. The van der Waals surface area contributed by atoms with Crippen molar-refractivity contribution < 1.29 is 17.7 Å². The maximum atomic E-state index is 11.2. The number of benzene rings is 1. The third kappa shape index (κ3) is 3.14. The molecule has 0 aliphatic carbocycles. The van der Waals surface area contributed by atoms with Gasteiger partial charge < -0.3 is 4.74 Å². The molecule has 2 unspecified atom stereocenters. The Labute approximate surface area is 129 Å². The number of fused-ring (bicyclic) bond motifs is 1. The molecule has 2 aromatic rings. The highest BCUT2D eigenvalue weighted by Gasteiger charge is 2.23. The third-order valence-electron chi connectivity index (χ3n) is 3.78. The Morgan fingerprint density at radius 3 is 2.68 bits per heavy atom. The molecule has 0 bridgehead atoms. The van der Waals surface area contributed by atoms with E-state index in [0.717, 1.165) is 24.2 Å². The van der Waals surface area contributed by atoms with Gasteiger partial charge in [0.15, 0.2) is 0 Å². The number of hydrogen-bond donors (Lipinski definition) is 2. The second-order valence-electron chi connectivity index (χ2n) is 5.81. The number of rotatable bonds is 3. The first kappa shape index (κ1) is 15.4. The lowest BCUT2D eigenvalue weighted by molar-refractivity contribution is -0.0706. The number of aromatic nitrogens is 2. The van der Waals surface area contributed by atoms with E-state index in [4.69, 9.17) is 9.29 Å². The number of ether oxygens (including phenoxy) is 1. The zero-order valence-electron chi connectivity index (χ0n) is 12.5. The largest absolute Gasteiger partial charge is 0.373 e. The van der Waals surface area contributed by atoms with E-state index in [2.05, 4.69) is 15.1 Å². The number of morpholine rings is 1. The summed E-state index contributed by atoms with van der Waals surface area (Å²) in [6.07, 6.45) is 0.369. The van der Waals surface area contributed by atoms with Crippen LogP contribution in [-0.2, 0) is 21.4 Å². The van der Waals surface area contributed by atoms with Crippen molar-refractivity contribution in [2.75, 3.05) is 13.1 Å². The molecular formula is C14H19N3O4S. The van der Waals surface area contributed by atoms with Gasteiger partial charge in [0.05, 0.1) is 28.3 Å². The quantitative estimate of drug-likeness (QED) is 0.829. The molecule has 1 aliphatic rings. The highest BCUT2D eigenvalue weighted by molar-refractivity contribution is 7.85. The van der Waals surface area contributed by atoms with Crippen LogP contribution >= 0.6 is 0 Å². The average molecular weight is 325 g/mol. The molecular weight excluding hydrogens is 306 g/mol. The molecule has 3 rings (SSSR count). The first-order valence-electron chi connectivity index (χ1n) is 7.15. The molecule has 8 heteroatoms. The van der Waals surface area contributed by atoms with Gasteiger partial charge in [-0.25, -0.2) is 0 Å². The molecule has 0 spiro atoms. The van der Waals surface area contributed by atoms with Crippen molar-refractivity contribution in [2.45, 2.75) is 37.5 Å². The first-order valence-corrected chi connectivity index (χ1v) is 8.59. The van der Waals surface area contributed by atoms with E-state index in [1.54, 1.807) is 6.07 Å². The minimum atomic E-state index is -4.21. The van der Waals surface area contributed by atoms with Crippen molar-refractivity contribution in [3.8, 4) is 0 Å². The van der Waals surface area contributed by atoms with Gasteiger partial charge in [0.25, 0.3) is 10.1 Å². The van der Waals surface area contributed by atoms with E-state index in [1.807, 2.05) is 13.8 Å². The summed E-state index contributed by atoms with van der Waals surface area (Å²) in [5.74, 6) is 0. The molecule has 2 atom stereocenters. The van der Waals surface area contributed by atoms with Crippen molar-refractivity contribution in [1.82, 2.24) is 15.1 Å². The summed E-state index contributed by atoms with van der Waals surface area (Å²) in [6.45, 7) is 6.47. The summed E-state index contributed by atoms with van der Waals surface area (Å²) in [4.78, 5) is 2.13. The van der Waals surface area contributed by atoms with Crippen LogP contribution in [0.3, 0.4) is 0 Å². The van der Waals surface area contributed by atoms with E-state index in [0.29, 0.717) is 12.1 Å². The SMILES string of the molecule is CC1CN(Cc2[nH]nc3cc(S(=O)(=O)O)ccc23)CC(C)O1. The molecule has 22 heavy (non-hydrogen) atoms. The summed E-state index contributed by atoms with van der Waals surface area (Å²) in [6, 6.07) is 4.43. The Kier molecular flexibility index (Phi) is 3.94. The standard InChI is InChI=1S/C14H19N3O4S/c1-9-6-17(7-10(2)21-9)8-14-12-4-3-11(22(18,19)20)5-13(12)15-16-14/h3-5,9-10H,6-8H2,1-2H3,(H,15,16)(H,18,19,20). The van der Waals surface area contributed by atoms with Gasteiger partial charge in [-0.05, 0) is 32.0 Å². The lowest BCUT2D eigenvalue weighted by Gasteiger charge is -2.35. The topological polar surface area (TPSA) is 95.5 Å². The maximum absolute atomic E-state index is 11.2. The zero-order valence-corrected chi connectivity index (χ0v) is 13.3. The molecule has 1 aromatic heterocycles. The predicted octanol–water partition coefficient (Wildman–Crippen LogP) is 1.42. The van der Waals surface area contributed by atoms with Crippen LogP contribution in [0.4, 0.5) is 0 Å². The summed E-state index contributed by atoms with van der Waals surface area (Å²) in [7, 11) is -4.21. The summed E-state index contributed by atoms with van der Waals surface area (Å²) in [5.41, 5.74) is 1.46. The van der Waals surface area contributed by atoms with Crippen LogP contribution < -0.4 is 0 Å². The average Bonchev–Trinajstić information content (AvgIpc) is 2.79. The number of nitrogens with zero attached hydrogens (tertiary/aromatic N) is 2. The van der Waals surface area contributed by atoms with Crippen molar-refractivity contribution >= 4 is 21.0 Å². The van der Waals surface area contributed by atoms with Gasteiger partial charge in [0.2, 0.25) is 0 Å². The van der Waals surface area contributed by atoms with E-state index in [-0.39, 0.29) is 17.1 Å². The molecule has 1 fully saturated rings. The molecule has 2 heterocycles. The maximum Gasteiger partial charge on any atom is 0.294 e. The molecule has 1 aliphatic heterocycles. The predicted molar refractivity (Wildman–Crippen MR) is 81.2 cm³/mol. The van der Waals surface area contributed by atoms with Gasteiger partial charge in [0, 0.05) is 25.0 Å². The Morgan fingerprint density at radius 2 is 2.05 bits per heavy atom. The van der Waals surface area contributed by atoms with Gasteiger partial charge in [-0.2, -0.15) is 13.5 Å². The van der Waals surface area contributed by atoms with Gasteiger partial charge in [-0.15, -0.1) is 0 Å². The number of H-pyrrole nitrogens is 1. The van der Waals surface area contributed by atoms with Crippen LogP contribution in [0, 0.1) is 0 Å². The highest BCUT2D eigenvalue weighted by atomic mass is 32.2. The Hall–Kier alpha value is -1.48. The number of nitrogens with one attached hydrogen (secondary N) is 1. The third-order valence-corrected chi connectivity index (χ3v) is 4.63. The zero-order chi connectivity index (χ0) is 15.9. The van der Waals surface area contributed by atoms with E-state index in [9.17, 15) is 8.42 Å². The Balaban J connectivity index is 1.86. The second-order valence-corrected chi connectivity index (χ2v) is 7.23. The number of hydrogen-bond acceptors (Lipinski definition) is 5. The fourth-order valence-electron chi connectivity index (χ4n) is 2.97. The molecule has 120 valence electrons. The fraction of sp³-hybridized carbons (Fsp3) is 0.500. The number of aromatic amines is 1.